The molecule has 1 aromatic heterocycles. The Balaban J connectivity index is 1.42. The first kappa shape index (κ1) is 26.4. The number of H-pyrrole nitrogens is 1. The Kier molecular flexibility index (Phi) is 7.65. The number of nitrogens with zero attached hydrogens (tertiary/aromatic N) is 1. The number of fused-ring (bicyclic) bond motifs is 1. The van der Waals surface area contributed by atoms with Crippen molar-refractivity contribution in [2.45, 2.75) is 37.3 Å². The average molecular weight is 533 g/mol. The van der Waals surface area contributed by atoms with Crippen LogP contribution in [0, 0.1) is 5.92 Å². The largest absolute Gasteiger partial charge is 0.496 e. The van der Waals surface area contributed by atoms with E-state index in [9.17, 15) is 24.3 Å². The Morgan fingerprint density at radius 2 is 1.95 bits per heavy atom. The molecule has 2 saturated heterocycles. The van der Waals surface area contributed by atoms with Gasteiger partial charge in [-0.25, -0.2) is 0 Å². The van der Waals surface area contributed by atoms with Gasteiger partial charge in [-0.15, -0.1) is 0 Å². The number of aromatic nitrogens is 1. The third-order valence-corrected chi connectivity index (χ3v) is 7.75. The van der Waals surface area contributed by atoms with Gasteiger partial charge in [0.05, 0.1) is 13.2 Å². The van der Waals surface area contributed by atoms with Gasteiger partial charge in [0.25, 0.3) is 5.91 Å². The molecule has 5 rings (SSSR count). The number of methoxy groups -OCH3 is 1. The predicted molar refractivity (Wildman–Crippen MR) is 143 cm³/mol. The van der Waals surface area contributed by atoms with Crippen molar-refractivity contribution in [3.05, 3.63) is 65.9 Å². The molecule has 0 saturated carbocycles. The SMILES string of the molecule is COc1cccc2[nH]c(C(=O)N3C[C@H](c4ccccc4)C[C@H]3C(=O)NC(C[C@@H]3CCNC3=O)C(=O)CO)cc12. The number of hydrogen-bond acceptors (Lipinski definition) is 6. The van der Waals surface area contributed by atoms with E-state index in [-0.39, 0.29) is 24.2 Å². The van der Waals surface area contributed by atoms with Gasteiger partial charge >= 0.3 is 0 Å². The summed E-state index contributed by atoms with van der Waals surface area (Å²) in [6, 6.07) is 15.0. The molecule has 4 atom stereocenters. The van der Waals surface area contributed by atoms with Crippen molar-refractivity contribution < 1.29 is 29.0 Å². The van der Waals surface area contributed by atoms with Crippen LogP contribution in [0.3, 0.4) is 0 Å². The van der Waals surface area contributed by atoms with Gasteiger partial charge in [-0.2, -0.15) is 0 Å². The van der Waals surface area contributed by atoms with Crippen molar-refractivity contribution in [3.63, 3.8) is 0 Å². The lowest BCUT2D eigenvalue weighted by atomic mass is 9.94. The van der Waals surface area contributed by atoms with Crippen LogP contribution in [0.2, 0.25) is 0 Å². The van der Waals surface area contributed by atoms with E-state index in [2.05, 4.69) is 15.6 Å². The average Bonchev–Trinajstić information content (AvgIpc) is 3.70. The van der Waals surface area contributed by atoms with E-state index in [1.54, 1.807) is 13.2 Å². The Hall–Kier alpha value is -4.18. The van der Waals surface area contributed by atoms with Gasteiger partial charge < -0.3 is 30.4 Å². The fourth-order valence-corrected chi connectivity index (χ4v) is 5.65. The summed E-state index contributed by atoms with van der Waals surface area (Å²) in [5, 5.41) is 15.8. The molecule has 0 radical (unpaired) electrons. The highest BCUT2D eigenvalue weighted by atomic mass is 16.5. The molecular formula is C29H32N4O6. The van der Waals surface area contributed by atoms with Gasteiger partial charge in [0.1, 0.15) is 24.1 Å². The fourth-order valence-electron chi connectivity index (χ4n) is 5.65. The van der Waals surface area contributed by atoms with Crippen molar-refractivity contribution in [2.75, 3.05) is 26.8 Å². The zero-order chi connectivity index (χ0) is 27.5. The molecule has 2 aliphatic rings. The number of rotatable bonds is 9. The van der Waals surface area contributed by atoms with Crippen LogP contribution >= 0.6 is 0 Å². The molecule has 10 heteroatoms. The maximum absolute atomic E-state index is 13.8. The standard InChI is InChI=1S/C29H32N4O6/c1-39-26-9-5-8-21-20(26)14-23(31-21)29(38)33-15-19(17-6-3-2-4-7-17)13-24(33)28(37)32-22(25(35)16-34)12-18-10-11-30-27(18)36/h2-9,14,18-19,22,24,31,34H,10-13,15-16H2,1H3,(H,30,36)(H,32,37)/t18-,19+,22?,24-/m0/s1. The number of ketones is 1. The molecule has 2 aromatic carbocycles. The lowest BCUT2D eigenvalue weighted by molar-refractivity contribution is -0.132. The normalized spacial score (nSPS) is 21.5. The fraction of sp³-hybridized carbons (Fsp3) is 0.379. The lowest BCUT2D eigenvalue weighted by Crippen LogP contribution is -2.52. The number of carbonyl (C=O) groups excluding carboxylic acids is 4. The number of hydrogen-bond donors (Lipinski definition) is 4. The summed E-state index contributed by atoms with van der Waals surface area (Å²) in [7, 11) is 1.56. The third-order valence-electron chi connectivity index (χ3n) is 7.75. The topological polar surface area (TPSA) is 141 Å². The van der Waals surface area contributed by atoms with E-state index < -0.39 is 36.3 Å². The molecule has 39 heavy (non-hydrogen) atoms. The monoisotopic (exact) mass is 532 g/mol. The molecule has 3 aromatic rings. The molecule has 10 nitrogen and oxygen atoms in total. The van der Waals surface area contributed by atoms with Crippen molar-refractivity contribution in [2.24, 2.45) is 5.92 Å². The van der Waals surface area contributed by atoms with Crippen LogP contribution in [0.25, 0.3) is 10.9 Å². The zero-order valence-electron chi connectivity index (χ0n) is 21.7. The Bertz CT molecular complexity index is 1390. The summed E-state index contributed by atoms with van der Waals surface area (Å²) < 4.78 is 5.43. The maximum atomic E-state index is 13.8. The second-order valence-electron chi connectivity index (χ2n) is 10.1. The van der Waals surface area contributed by atoms with Crippen LogP contribution in [0.1, 0.15) is 41.2 Å². The molecule has 0 aliphatic carbocycles. The van der Waals surface area contributed by atoms with Crippen molar-refractivity contribution in [3.8, 4) is 5.75 Å². The van der Waals surface area contributed by atoms with Crippen molar-refractivity contribution in [1.29, 1.82) is 0 Å². The number of benzene rings is 2. The molecular weight excluding hydrogens is 500 g/mol. The van der Waals surface area contributed by atoms with E-state index in [1.165, 1.54) is 4.90 Å². The van der Waals surface area contributed by atoms with E-state index >= 15 is 0 Å². The van der Waals surface area contributed by atoms with Gasteiger partial charge in [-0.1, -0.05) is 36.4 Å². The molecule has 4 N–H and O–H groups in total. The van der Waals surface area contributed by atoms with Gasteiger partial charge in [0, 0.05) is 35.8 Å². The molecule has 204 valence electrons. The molecule has 3 heterocycles. The van der Waals surface area contributed by atoms with E-state index in [0.717, 1.165) is 16.5 Å². The summed E-state index contributed by atoms with van der Waals surface area (Å²) >= 11 is 0. The molecule has 2 fully saturated rings. The maximum Gasteiger partial charge on any atom is 0.271 e. The first-order valence-corrected chi connectivity index (χ1v) is 13.1. The molecule has 3 amide bonds. The van der Waals surface area contributed by atoms with E-state index in [1.807, 2.05) is 48.5 Å². The third kappa shape index (κ3) is 5.37. The van der Waals surface area contributed by atoms with Crippen LogP contribution in [0.15, 0.2) is 54.6 Å². The number of nitrogens with one attached hydrogen (secondary N) is 3. The minimum Gasteiger partial charge on any atom is -0.496 e. The predicted octanol–water partition coefficient (Wildman–Crippen LogP) is 1.75. The summed E-state index contributed by atoms with van der Waals surface area (Å²) in [4.78, 5) is 56.8. The quantitative estimate of drug-likeness (QED) is 0.331. The highest BCUT2D eigenvalue weighted by molar-refractivity contribution is 6.02. The highest BCUT2D eigenvalue weighted by Crippen LogP contribution is 2.34. The number of aromatic amines is 1. The first-order chi connectivity index (χ1) is 18.9. The molecule has 1 unspecified atom stereocenters. The molecule has 0 spiro atoms. The smallest absolute Gasteiger partial charge is 0.271 e. The Labute approximate surface area is 225 Å². The van der Waals surface area contributed by atoms with E-state index in [0.29, 0.717) is 37.4 Å². The summed E-state index contributed by atoms with van der Waals surface area (Å²) in [6.45, 7) is 0.0731. The van der Waals surface area contributed by atoms with E-state index in [4.69, 9.17) is 4.74 Å². The molecule has 0 bridgehead atoms. The second kappa shape index (κ2) is 11.3. The van der Waals surface area contributed by atoms with Gasteiger partial charge in [0.15, 0.2) is 5.78 Å². The number of likely N-dealkylation sites (tertiary alicyclic amines) is 1. The Morgan fingerprint density at radius 3 is 2.64 bits per heavy atom. The van der Waals surface area contributed by atoms with Gasteiger partial charge in [0.2, 0.25) is 11.8 Å². The highest BCUT2D eigenvalue weighted by Gasteiger charge is 2.42. The number of Topliss-reactive ketones (excluding diaryl/α,β-unsaturated/α-hetero) is 1. The summed E-state index contributed by atoms with van der Waals surface area (Å²) in [5.74, 6) is -1.45. The van der Waals surface area contributed by atoms with Crippen molar-refractivity contribution in [1.82, 2.24) is 20.5 Å². The van der Waals surface area contributed by atoms with Crippen LogP contribution in [0.5, 0.6) is 5.75 Å². The first-order valence-electron chi connectivity index (χ1n) is 13.1. The number of aliphatic hydroxyl groups excluding tert-OH is 1. The number of amides is 3. The number of aliphatic hydroxyl groups is 1. The number of carbonyl (C=O) groups is 4. The zero-order valence-corrected chi connectivity index (χ0v) is 21.7. The minimum atomic E-state index is -1.03. The summed E-state index contributed by atoms with van der Waals surface area (Å²) in [5.41, 5.74) is 2.07. The summed E-state index contributed by atoms with van der Waals surface area (Å²) in [6.07, 6.45) is 1.02. The Morgan fingerprint density at radius 1 is 1.15 bits per heavy atom. The van der Waals surface area contributed by atoms with Gasteiger partial charge in [-0.05, 0) is 43.0 Å². The van der Waals surface area contributed by atoms with Crippen LogP contribution < -0.4 is 15.4 Å². The lowest BCUT2D eigenvalue weighted by Gasteiger charge is -2.26. The van der Waals surface area contributed by atoms with Crippen molar-refractivity contribution >= 4 is 34.4 Å². The van der Waals surface area contributed by atoms with Crippen LogP contribution in [-0.4, -0.2) is 77.4 Å². The van der Waals surface area contributed by atoms with Gasteiger partial charge in [-0.3, -0.25) is 19.2 Å². The minimum absolute atomic E-state index is 0.0857. The molecule has 2 aliphatic heterocycles. The van der Waals surface area contributed by atoms with Crippen LogP contribution in [0.4, 0.5) is 0 Å². The van der Waals surface area contributed by atoms with Crippen LogP contribution in [-0.2, 0) is 14.4 Å². The number of ether oxygens (including phenoxy) is 1. The second-order valence-corrected chi connectivity index (χ2v) is 10.1.